The summed E-state index contributed by atoms with van der Waals surface area (Å²) < 4.78 is 0. The number of nitrogens with one attached hydrogen (secondary N) is 1. The van der Waals surface area contributed by atoms with Gasteiger partial charge >= 0.3 is 0 Å². The van der Waals surface area contributed by atoms with Gasteiger partial charge in [0, 0.05) is 17.5 Å². The third kappa shape index (κ3) is 3.66. The number of nitrogens with zero attached hydrogens (tertiary/aromatic N) is 1. The van der Waals surface area contributed by atoms with Crippen LogP contribution in [0.1, 0.15) is 5.69 Å². The third-order valence-corrected chi connectivity index (χ3v) is 3.70. The predicted molar refractivity (Wildman–Crippen MR) is 79.5 cm³/mol. The van der Waals surface area contributed by atoms with Crippen LogP contribution < -0.4 is 5.32 Å². The Morgan fingerprint density at radius 3 is 3.00 bits per heavy atom. The summed E-state index contributed by atoms with van der Waals surface area (Å²) in [5, 5.41) is 6.10. The molecule has 2 aromatic rings. The average Bonchev–Trinajstić information content (AvgIpc) is 2.85. The molecule has 1 heterocycles. The van der Waals surface area contributed by atoms with Gasteiger partial charge in [-0.15, -0.1) is 17.9 Å². The molecule has 0 bridgehead atoms. The van der Waals surface area contributed by atoms with E-state index < -0.39 is 0 Å². The molecule has 1 aromatic heterocycles. The van der Waals surface area contributed by atoms with Crippen molar-refractivity contribution in [2.24, 2.45) is 0 Å². The Kier molecular flexibility index (Phi) is 4.71. The quantitative estimate of drug-likeness (QED) is 0.859. The van der Waals surface area contributed by atoms with E-state index in [1.807, 2.05) is 29.6 Å². The van der Waals surface area contributed by atoms with Crippen LogP contribution in [-0.2, 0) is 11.2 Å². The Hall–Kier alpha value is -1.65. The molecule has 1 aromatic carbocycles. The Balaban J connectivity index is 2.09. The van der Waals surface area contributed by atoms with Crippen molar-refractivity contribution in [1.29, 1.82) is 0 Å². The molecule has 0 aliphatic heterocycles. The summed E-state index contributed by atoms with van der Waals surface area (Å²) in [6.07, 6.45) is 1.92. The number of rotatable bonds is 5. The summed E-state index contributed by atoms with van der Waals surface area (Å²) in [6.45, 7) is 4.02. The second kappa shape index (κ2) is 6.50. The molecule has 0 aliphatic rings. The fourth-order valence-corrected chi connectivity index (χ4v) is 2.70. The minimum absolute atomic E-state index is 0.0593. The van der Waals surface area contributed by atoms with Gasteiger partial charge in [-0.05, 0) is 6.07 Å². The van der Waals surface area contributed by atoms with Gasteiger partial charge in [-0.2, -0.15) is 0 Å². The first-order valence-electron chi connectivity index (χ1n) is 5.77. The van der Waals surface area contributed by atoms with Crippen molar-refractivity contribution >= 4 is 28.8 Å². The number of hydrogen-bond donors (Lipinski definition) is 1. The average molecular weight is 293 g/mol. The van der Waals surface area contributed by atoms with E-state index in [2.05, 4.69) is 16.9 Å². The van der Waals surface area contributed by atoms with E-state index in [4.69, 9.17) is 11.6 Å². The number of amides is 1. The zero-order valence-electron chi connectivity index (χ0n) is 10.2. The van der Waals surface area contributed by atoms with Crippen molar-refractivity contribution in [1.82, 2.24) is 10.3 Å². The van der Waals surface area contributed by atoms with Crippen LogP contribution in [0.25, 0.3) is 10.6 Å². The van der Waals surface area contributed by atoms with E-state index >= 15 is 0 Å². The van der Waals surface area contributed by atoms with E-state index in [1.165, 1.54) is 11.3 Å². The zero-order chi connectivity index (χ0) is 13.7. The van der Waals surface area contributed by atoms with Crippen molar-refractivity contribution in [2.45, 2.75) is 6.42 Å². The highest BCUT2D eigenvalue weighted by molar-refractivity contribution is 7.13. The molecule has 0 unspecified atom stereocenters. The lowest BCUT2D eigenvalue weighted by Gasteiger charge is -2.00. The molecule has 0 aliphatic carbocycles. The lowest BCUT2D eigenvalue weighted by atomic mass is 10.2. The Morgan fingerprint density at radius 2 is 2.26 bits per heavy atom. The van der Waals surface area contributed by atoms with Gasteiger partial charge in [-0.3, -0.25) is 4.79 Å². The van der Waals surface area contributed by atoms with Gasteiger partial charge in [-0.1, -0.05) is 35.9 Å². The van der Waals surface area contributed by atoms with E-state index in [1.54, 1.807) is 6.08 Å². The van der Waals surface area contributed by atoms with Crippen LogP contribution in [0.5, 0.6) is 0 Å². The minimum Gasteiger partial charge on any atom is -0.352 e. The van der Waals surface area contributed by atoms with E-state index in [0.29, 0.717) is 11.6 Å². The second-order valence-corrected chi connectivity index (χ2v) is 5.16. The normalized spacial score (nSPS) is 10.2. The molecule has 3 nitrogen and oxygen atoms in total. The van der Waals surface area contributed by atoms with E-state index in [-0.39, 0.29) is 12.3 Å². The SMILES string of the molecule is C=CCNC(=O)Cc1csc(-c2ccccc2Cl)n1. The van der Waals surface area contributed by atoms with Gasteiger partial charge in [-0.25, -0.2) is 4.98 Å². The van der Waals surface area contributed by atoms with Crippen LogP contribution in [0.3, 0.4) is 0 Å². The van der Waals surface area contributed by atoms with Gasteiger partial charge in [0.05, 0.1) is 17.1 Å². The molecule has 2 rings (SSSR count). The second-order valence-electron chi connectivity index (χ2n) is 3.89. The molecular formula is C14H13ClN2OS. The molecule has 1 amide bonds. The maximum atomic E-state index is 11.6. The number of hydrogen-bond acceptors (Lipinski definition) is 3. The lowest BCUT2D eigenvalue weighted by molar-refractivity contribution is -0.120. The molecule has 5 heteroatoms. The molecule has 0 saturated heterocycles. The maximum absolute atomic E-state index is 11.6. The van der Waals surface area contributed by atoms with Gasteiger partial charge in [0.1, 0.15) is 5.01 Å². The Bertz CT molecular complexity index is 595. The van der Waals surface area contributed by atoms with Crippen LogP contribution in [-0.4, -0.2) is 17.4 Å². The zero-order valence-corrected chi connectivity index (χ0v) is 11.8. The molecule has 98 valence electrons. The van der Waals surface area contributed by atoms with Gasteiger partial charge in [0.15, 0.2) is 0 Å². The number of carbonyl (C=O) groups is 1. The van der Waals surface area contributed by atoms with Crippen LogP contribution in [0.4, 0.5) is 0 Å². The molecule has 19 heavy (non-hydrogen) atoms. The fourth-order valence-electron chi connectivity index (χ4n) is 1.56. The summed E-state index contributed by atoms with van der Waals surface area (Å²) in [5.74, 6) is -0.0593. The van der Waals surface area contributed by atoms with Gasteiger partial charge < -0.3 is 5.32 Å². The molecule has 0 fully saturated rings. The van der Waals surface area contributed by atoms with Crippen LogP contribution in [0.2, 0.25) is 5.02 Å². The van der Waals surface area contributed by atoms with Crippen LogP contribution >= 0.6 is 22.9 Å². The van der Waals surface area contributed by atoms with E-state index in [9.17, 15) is 4.79 Å². The Labute approximate surface area is 120 Å². The summed E-state index contributed by atoms with van der Waals surface area (Å²) in [5.41, 5.74) is 1.65. The first-order valence-corrected chi connectivity index (χ1v) is 7.03. The summed E-state index contributed by atoms with van der Waals surface area (Å²) in [7, 11) is 0. The van der Waals surface area contributed by atoms with Crippen LogP contribution in [0.15, 0.2) is 42.3 Å². The topological polar surface area (TPSA) is 42.0 Å². The molecular weight excluding hydrogens is 280 g/mol. The van der Waals surface area contributed by atoms with Crippen molar-refractivity contribution in [3.63, 3.8) is 0 Å². The maximum Gasteiger partial charge on any atom is 0.226 e. The van der Waals surface area contributed by atoms with Gasteiger partial charge in [0.25, 0.3) is 0 Å². The van der Waals surface area contributed by atoms with Gasteiger partial charge in [0.2, 0.25) is 5.91 Å². The van der Waals surface area contributed by atoms with Crippen molar-refractivity contribution in [2.75, 3.05) is 6.54 Å². The smallest absolute Gasteiger partial charge is 0.226 e. The highest BCUT2D eigenvalue weighted by Crippen LogP contribution is 2.30. The highest BCUT2D eigenvalue weighted by Gasteiger charge is 2.10. The molecule has 0 radical (unpaired) electrons. The minimum atomic E-state index is -0.0593. The highest BCUT2D eigenvalue weighted by atomic mass is 35.5. The summed E-state index contributed by atoms with van der Waals surface area (Å²) in [4.78, 5) is 16.0. The van der Waals surface area contributed by atoms with Crippen LogP contribution in [0, 0.1) is 0 Å². The molecule has 0 saturated carbocycles. The first-order chi connectivity index (χ1) is 9.20. The number of halogens is 1. The standard InChI is InChI=1S/C14H13ClN2OS/c1-2-7-16-13(18)8-10-9-19-14(17-10)11-5-3-4-6-12(11)15/h2-6,9H,1,7-8H2,(H,16,18). The summed E-state index contributed by atoms with van der Waals surface area (Å²) >= 11 is 7.61. The molecule has 0 atom stereocenters. The number of thiazole rings is 1. The van der Waals surface area contributed by atoms with E-state index in [0.717, 1.165) is 16.3 Å². The number of carbonyl (C=O) groups excluding carboxylic acids is 1. The number of aromatic nitrogens is 1. The largest absolute Gasteiger partial charge is 0.352 e. The number of benzene rings is 1. The monoisotopic (exact) mass is 292 g/mol. The third-order valence-electron chi connectivity index (χ3n) is 2.44. The van der Waals surface area contributed by atoms with Crippen molar-refractivity contribution < 1.29 is 4.79 Å². The fraction of sp³-hybridized carbons (Fsp3) is 0.143. The summed E-state index contributed by atoms with van der Waals surface area (Å²) in [6, 6.07) is 7.54. The molecule has 1 N–H and O–H groups in total. The Morgan fingerprint density at radius 1 is 1.47 bits per heavy atom. The van der Waals surface area contributed by atoms with Crippen molar-refractivity contribution in [3.8, 4) is 10.6 Å². The van der Waals surface area contributed by atoms with Crippen molar-refractivity contribution in [3.05, 3.63) is 53.0 Å². The predicted octanol–water partition coefficient (Wildman–Crippen LogP) is 3.31. The molecule has 0 spiro atoms. The lowest BCUT2D eigenvalue weighted by Crippen LogP contribution is -2.25. The first kappa shape index (κ1) is 13.8.